The van der Waals surface area contributed by atoms with Crippen molar-refractivity contribution in [3.05, 3.63) is 53.1 Å². The molecular formula is C19H20ClN5O. The van der Waals surface area contributed by atoms with Gasteiger partial charge in [0, 0.05) is 23.8 Å². The summed E-state index contributed by atoms with van der Waals surface area (Å²) in [7, 11) is 0. The van der Waals surface area contributed by atoms with Crippen molar-refractivity contribution >= 4 is 34.4 Å². The fourth-order valence-corrected chi connectivity index (χ4v) is 3.50. The third-order valence-corrected chi connectivity index (χ3v) is 5.07. The van der Waals surface area contributed by atoms with Gasteiger partial charge in [0.2, 0.25) is 0 Å². The van der Waals surface area contributed by atoms with Gasteiger partial charge in [-0.15, -0.1) is 5.10 Å². The minimum absolute atomic E-state index is 0.0788. The third kappa shape index (κ3) is 3.37. The molecule has 0 saturated carbocycles. The van der Waals surface area contributed by atoms with Gasteiger partial charge in [-0.1, -0.05) is 22.9 Å². The number of likely N-dealkylation sites (tertiary alicyclic amines) is 1. The van der Waals surface area contributed by atoms with E-state index in [4.69, 9.17) is 11.6 Å². The van der Waals surface area contributed by atoms with Gasteiger partial charge in [0.25, 0.3) is 0 Å². The molecule has 0 radical (unpaired) electrons. The Kier molecular flexibility index (Phi) is 4.51. The van der Waals surface area contributed by atoms with Gasteiger partial charge in [0.05, 0.1) is 11.6 Å². The van der Waals surface area contributed by atoms with E-state index in [9.17, 15) is 4.79 Å². The fourth-order valence-electron chi connectivity index (χ4n) is 3.37. The smallest absolute Gasteiger partial charge is 0.321 e. The van der Waals surface area contributed by atoms with E-state index in [1.54, 1.807) is 24.3 Å². The number of nitrogens with one attached hydrogen (secondary N) is 1. The van der Waals surface area contributed by atoms with Crippen LogP contribution in [0.25, 0.3) is 11.0 Å². The number of aromatic nitrogens is 3. The number of hydrogen-bond acceptors (Lipinski definition) is 3. The van der Waals surface area contributed by atoms with Crippen molar-refractivity contribution in [2.75, 3.05) is 18.4 Å². The van der Waals surface area contributed by atoms with Crippen molar-refractivity contribution < 1.29 is 4.79 Å². The first-order valence-corrected chi connectivity index (χ1v) is 9.11. The monoisotopic (exact) mass is 369 g/mol. The molecular weight excluding hydrogens is 350 g/mol. The van der Waals surface area contributed by atoms with Gasteiger partial charge in [0.15, 0.2) is 0 Å². The van der Waals surface area contributed by atoms with Crippen LogP contribution in [0.3, 0.4) is 0 Å². The van der Waals surface area contributed by atoms with Crippen LogP contribution in [0.5, 0.6) is 0 Å². The Morgan fingerprint density at radius 2 is 1.88 bits per heavy atom. The van der Waals surface area contributed by atoms with Crippen LogP contribution >= 0.6 is 11.6 Å². The van der Waals surface area contributed by atoms with Gasteiger partial charge in [-0.3, -0.25) is 0 Å². The number of amides is 2. The molecule has 3 aromatic rings. The van der Waals surface area contributed by atoms with Crippen LogP contribution in [0.15, 0.2) is 42.5 Å². The van der Waals surface area contributed by atoms with Gasteiger partial charge in [-0.2, -0.15) is 0 Å². The standard InChI is InChI=1S/C19H20ClN5O/c1-13-2-7-18-17(12-13)22-23-25(18)16-8-10-24(11-9-16)19(26)21-15-5-3-14(20)4-6-15/h2-7,12,16H,8-11H2,1H3,(H,21,26). The van der Waals surface area contributed by atoms with Crippen LogP contribution in [0.1, 0.15) is 24.4 Å². The van der Waals surface area contributed by atoms with E-state index >= 15 is 0 Å². The predicted molar refractivity (Wildman–Crippen MR) is 103 cm³/mol. The highest BCUT2D eigenvalue weighted by molar-refractivity contribution is 6.30. The summed E-state index contributed by atoms with van der Waals surface area (Å²) in [5.74, 6) is 0. The van der Waals surface area contributed by atoms with Crippen molar-refractivity contribution in [2.24, 2.45) is 0 Å². The minimum atomic E-state index is -0.0788. The molecule has 2 heterocycles. The van der Waals surface area contributed by atoms with E-state index in [2.05, 4.69) is 34.7 Å². The summed E-state index contributed by atoms with van der Waals surface area (Å²) in [5, 5.41) is 12.2. The summed E-state index contributed by atoms with van der Waals surface area (Å²) in [6.45, 7) is 3.44. The first-order valence-electron chi connectivity index (χ1n) is 8.73. The molecule has 2 aromatic carbocycles. The number of rotatable bonds is 2. The van der Waals surface area contributed by atoms with Crippen LogP contribution in [0.4, 0.5) is 10.5 Å². The number of carbonyl (C=O) groups excluding carboxylic acids is 1. The summed E-state index contributed by atoms with van der Waals surface area (Å²) in [6, 6.07) is 13.5. The molecule has 1 saturated heterocycles. The minimum Gasteiger partial charge on any atom is -0.324 e. The highest BCUT2D eigenvalue weighted by Crippen LogP contribution is 2.26. The molecule has 1 aliphatic heterocycles. The van der Waals surface area contributed by atoms with E-state index in [1.807, 2.05) is 15.6 Å². The number of benzene rings is 2. The van der Waals surface area contributed by atoms with Crippen LogP contribution in [-0.2, 0) is 0 Å². The lowest BCUT2D eigenvalue weighted by molar-refractivity contribution is 0.181. The lowest BCUT2D eigenvalue weighted by Crippen LogP contribution is -2.41. The van der Waals surface area contributed by atoms with Crippen LogP contribution in [-0.4, -0.2) is 39.0 Å². The maximum absolute atomic E-state index is 12.4. The van der Waals surface area contributed by atoms with Crippen molar-refractivity contribution in [1.29, 1.82) is 0 Å². The molecule has 26 heavy (non-hydrogen) atoms. The molecule has 4 rings (SSSR count). The summed E-state index contributed by atoms with van der Waals surface area (Å²) < 4.78 is 2.00. The molecule has 0 spiro atoms. The zero-order chi connectivity index (χ0) is 18.1. The summed E-state index contributed by atoms with van der Waals surface area (Å²) >= 11 is 5.88. The van der Waals surface area contributed by atoms with Gasteiger partial charge >= 0.3 is 6.03 Å². The van der Waals surface area contributed by atoms with Crippen molar-refractivity contribution in [3.63, 3.8) is 0 Å². The molecule has 134 valence electrons. The number of hydrogen-bond donors (Lipinski definition) is 1. The lowest BCUT2D eigenvalue weighted by atomic mass is 10.1. The maximum Gasteiger partial charge on any atom is 0.321 e. The van der Waals surface area contributed by atoms with Gasteiger partial charge in [0.1, 0.15) is 5.52 Å². The van der Waals surface area contributed by atoms with E-state index in [0.717, 1.165) is 29.6 Å². The number of piperidine rings is 1. The van der Waals surface area contributed by atoms with Crippen molar-refractivity contribution in [1.82, 2.24) is 19.9 Å². The zero-order valence-corrected chi connectivity index (χ0v) is 15.3. The van der Waals surface area contributed by atoms with E-state index in [1.165, 1.54) is 5.56 Å². The van der Waals surface area contributed by atoms with Crippen LogP contribution in [0, 0.1) is 6.92 Å². The van der Waals surface area contributed by atoms with Crippen LogP contribution < -0.4 is 5.32 Å². The second kappa shape index (κ2) is 6.96. The fraction of sp³-hybridized carbons (Fsp3) is 0.316. The highest BCUT2D eigenvalue weighted by Gasteiger charge is 2.25. The maximum atomic E-state index is 12.4. The number of nitrogens with zero attached hydrogens (tertiary/aromatic N) is 4. The quantitative estimate of drug-likeness (QED) is 0.734. The predicted octanol–water partition coefficient (Wildman–Crippen LogP) is 4.26. The molecule has 0 aliphatic carbocycles. The summed E-state index contributed by atoms with van der Waals surface area (Å²) in [6.07, 6.45) is 1.72. The first-order chi connectivity index (χ1) is 12.6. The largest absolute Gasteiger partial charge is 0.324 e. The highest BCUT2D eigenvalue weighted by atomic mass is 35.5. The molecule has 0 bridgehead atoms. The molecule has 1 aromatic heterocycles. The molecule has 6 nitrogen and oxygen atoms in total. The Morgan fingerprint density at radius 3 is 2.62 bits per heavy atom. The lowest BCUT2D eigenvalue weighted by Gasteiger charge is -2.32. The average Bonchev–Trinajstić information content (AvgIpc) is 3.06. The summed E-state index contributed by atoms with van der Waals surface area (Å²) in [5.41, 5.74) is 3.91. The first kappa shape index (κ1) is 16.8. The van der Waals surface area contributed by atoms with E-state index < -0.39 is 0 Å². The number of anilines is 1. The van der Waals surface area contributed by atoms with Gasteiger partial charge in [-0.25, -0.2) is 9.48 Å². The number of aryl methyl sites for hydroxylation is 1. The van der Waals surface area contributed by atoms with Crippen molar-refractivity contribution in [3.8, 4) is 0 Å². The summed E-state index contributed by atoms with van der Waals surface area (Å²) in [4.78, 5) is 14.3. The second-order valence-electron chi connectivity index (χ2n) is 6.68. The Hall–Kier alpha value is -2.60. The number of halogens is 1. The van der Waals surface area contributed by atoms with Crippen LogP contribution in [0.2, 0.25) is 5.02 Å². The average molecular weight is 370 g/mol. The SMILES string of the molecule is Cc1ccc2c(c1)nnn2C1CCN(C(=O)Nc2ccc(Cl)cc2)CC1. The number of carbonyl (C=O) groups is 1. The molecule has 1 N–H and O–H groups in total. The Balaban J connectivity index is 1.40. The molecule has 2 amide bonds. The topological polar surface area (TPSA) is 63.1 Å². The molecule has 1 fully saturated rings. The Labute approximate surface area is 156 Å². The Bertz CT molecular complexity index is 929. The van der Waals surface area contributed by atoms with Gasteiger partial charge in [-0.05, 0) is 61.7 Å². The molecule has 0 unspecified atom stereocenters. The van der Waals surface area contributed by atoms with Gasteiger partial charge < -0.3 is 10.2 Å². The van der Waals surface area contributed by atoms with E-state index in [0.29, 0.717) is 18.1 Å². The molecule has 7 heteroatoms. The second-order valence-corrected chi connectivity index (χ2v) is 7.12. The number of fused-ring (bicyclic) bond motifs is 1. The van der Waals surface area contributed by atoms with Crippen molar-refractivity contribution in [2.45, 2.75) is 25.8 Å². The number of urea groups is 1. The molecule has 0 atom stereocenters. The Morgan fingerprint density at radius 1 is 1.15 bits per heavy atom. The molecule has 1 aliphatic rings. The van der Waals surface area contributed by atoms with E-state index in [-0.39, 0.29) is 12.1 Å². The third-order valence-electron chi connectivity index (χ3n) is 4.82. The normalized spacial score (nSPS) is 15.4. The zero-order valence-electron chi connectivity index (χ0n) is 14.5.